The molecule has 7 nitrogen and oxygen atoms in total. The van der Waals surface area contributed by atoms with Crippen molar-refractivity contribution in [1.29, 1.82) is 0 Å². The van der Waals surface area contributed by atoms with E-state index >= 15 is 0 Å². The largest absolute Gasteiger partial charge is 0.345 e. The predicted molar refractivity (Wildman–Crippen MR) is 130 cm³/mol. The molecule has 33 heavy (non-hydrogen) atoms. The van der Waals surface area contributed by atoms with Crippen LogP contribution in [0.5, 0.6) is 0 Å². The molecule has 166 valence electrons. The van der Waals surface area contributed by atoms with E-state index in [0.717, 1.165) is 33.5 Å². The highest BCUT2D eigenvalue weighted by Gasteiger charge is 2.16. The number of fused-ring (bicyclic) bond motifs is 2. The van der Waals surface area contributed by atoms with Crippen LogP contribution < -0.4 is 5.69 Å². The van der Waals surface area contributed by atoms with Gasteiger partial charge in [-0.15, -0.1) is 0 Å². The van der Waals surface area contributed by atoms with Crippen LogP contribution in [-0.2, 0) is 20.1 Å². The Balaban J connectivity index is 1.53. The molecule has 0 aliphatic heterocycles. The van der Waals surface area contributed by atoms with E-state index in [2.05, 4.69) is 0 Å². The summed E-state index contributed by atoms with van der Waals surface area (Å²) in [6, 6.07) is 23.2. The molecule has 0 spiro atoms. The highest BCUT2D eigenvalue weighted by Crippen LogP contribution is 2.19. The van der Waals surface area contributed by atoms with Crippen molar-refractivity contribution in [3.05, 3.63) is 100 Å². The Morgan fingerprint density at radius 2 is 1.39 bits per heavy atom. The summed E-state index contributed by atoms with van der Waals surface area (Å²) in [5.74, 6) is 0.783. The van der Waals surface area contributed by atoms with E-state index in [1.807, 2.05) is 72.3 Å². The topological polar surface area (TPSA) is 65.1 Å². The SMILES string of the molecule is CN(C)C(=O)c1ccc(Cn2c(=O)n(Cc3nc4ccccc4n3C)c3ccccc32)cc1. The first-order valence-corrected chi connectivity index (χ1v) is 10.8. The third-order valence-electron chi connectivity index (χ3n) is 6.05. The summed E-state index contributed by atoms with van der Waals surface area (Å²) in [5, 5.41) is 0. The Bertz CT molecular complexity index is 1540. The fourth-order valence-corrected chi connectivity index (χ4v) is 4.25. The van der Waals surface area contributed by atoms with Gasteiger partial charge in [-0.25, -0.2) is 9.78 Å². The number of imidazole rings is 2. The molecule has 2 heterocycles. The van der Waals surface area contributed by atoms with Crippen LogP contribution in [0.15, 0.2) is 77.6 Å². The second-order valence-corrected chi connectivity index (χ2v) is 8.42. The Labute approximate surface area is 191 Å². The standard InChI is InChI=1S/C26H25N5O2/c1-28(2)25(32)19-14-12-18(13-15-19)16-30-22-10-6-7-11-23(22)31(26(30)33)17-24-27-20-8-4-5-9-21(20)29(24)3/h4-15H,16-17H2,1-3H3. The Hall–Kier alpha value is -4.13. The molecule has 0 aliphatic rings. The number of rotatable bonds is 5. The van der Waals surface area contributed by atoms with E-state index in [-0.39, 0.29) is 11.6 Å². The van der Waals surface area contributed by atoms with Gasteiger partial charge in [0.25, 0.3) is 5.91 Å². The van der Waals surface area contributed by atoms with Crippen LogP contribution in [0.1, 0.15) is 21.7 Å². The van der Waals surface area contributed by atoms with Crippen molar-refractivity contribution in [2.45, 2.75) is 13.1 Å². The molecule has 0 fully saturated rings. The van der Waals surface area contributed by atoms with E-state index in [4.69, 9.17) is 4.98 Å². The third-order valence-corrected chi connectivity index (χ3v) is 6.05. The molecular formula is C26H25N5O2. The number of hydrogen-bond donors (Lipinski definition) is 0. The van der Waals surface area contributed by atoms with E-state index in [1.54, 1.807) is 40.3 Å². The molecule has 2 aromatic heterocycles. The quantitative estimate of drug-likeness (QED) is 0.421. The number of aryl methyl sites for hydroxylation is 1. The number of carbonyl (C=O) groups excluding carboxylic acids is 1. The molecule has 0 radical (unpaired) electrons. The molecule has 1 amide bonds. The summed E-state index contributed by atoms with van der Waals surface area (Å²) in [7, 11) is 5.44. The van der Waals surface area contributed by atoms with Crippen molar-refractivity contribution in [3.63, 3.8) is 0 Å². The van der Waals surface area contributed by atoms with Gasteiger partial charge in [0.1, 0.15) is 5.82 Å². The lowest BCUT2D eigenvalue weighted by molar-refractivity contribution is 0.0827. The van der Waals surface area contributed by atoms with Crippen LogP contribution >= 0.6 is 0 Å². The molecule has 0 N–H and O–H groups in total. The lowest BCUT2D eigenvalue weighted by atomic mass is 10.1. The number of carbonyl (C=O) groups is 1. The first-order valence-electron chi connectivity index (χ1n) is 10.8. The number of nitrogens with zero attached hydrogens (tertiary/aromatic N) is 5. The highest BCUT2D eigenvalue weighted by molar-refractivity contribution is 5.93. The van der Waals surface area contributed by atoms with Crippen LogP contribution in [-0.4, -0.2) is 43.6 Å². The van der Waals surface area contributed by atoms with Gasteiger partial charge < -0.3 is 9.47 Å². The average molecular weight is 440 g/mol. The van der Waals surface area contributed by atoms with Crippen LogP contribution in [0.3, 0.4) is 0 Å². The Morgan fingerprint density at radius 1 is 0.818 bits per heavy atom. The van der Waals surface area contributed by atoms with Crippen LogP contribution in [0.4, 0.5) is 0 Å². The van der Waals surface area contributed by atoms with Gasteiger partial charge in [0.15, 0.2) is 0 Å². The van der Waals surface area contributed by atoms with Gasteiger partial charge in [-0.1, -0.05) is 36.4 Å². The maximum Gasteiger partial charge on any atom is 0.329 e. The molecule has 0 saturated carbocycles. The van der Waals surface area contributed by atoms with Crippen molar-refractivity contribution in [1.82, 2.24) is 23.6 Å². The average Bonchev–Trinajstić information content (AvgIpc) is 3.28. The molecule has 3 aromatic carbocycles. The molecule has 7 heteroatoms. The Morgan fingerprint density at radius 3 is 2.00 bits per heavy atom. The summed E-state index contributed by atoms with van der Waals surface area (Å²) < 4.78 is 5.59. The summed E-state index contributed by atoms with van der Waals surface area (Å²) in [4.78, 5) is 32.0. The van der Waals surface area contributed by atoms with Crippen LogP contribution in [0.2, 0.25) is 0 Å². The second-order valence-electron chi connectivity index (χ2n) is 8.42. The maximum absolute atomic E-state index is 13.5. The molecule has 0 aliphatic carbocycles. The normalized spacial score (nSPS) is 11.4. The lowest BCUT2D eigenvalue weighted by Gasteiger charge is -2.10. The van der Waals surface area contributed by atoms with Gasteiger partial charge in [0.05, 0.1) is 35.2 Å². The number of aromatic nitrogens is 4. The molecule has 0 saturated heterocycles. The molecule has 5 aromatic rings. The van der Waals surface area contributed by atoms with E-state index in [9.17, 15) is 9.59 Å². The van der Waals surface area contributed by atoms with Crippen molar-refractivity contribution in [2.24, 2.45) is 7.05 Å². The van der Waals surface area contributed by atoms with Gasteiger partial charge >= 0.3 is 5.69 Å². The molecular weight excluding hydrogens is 414 g/mol. The van der Waals surface area contributed by atoms with E-state index in [1.165, 1.54) is 0 Å². The zero-order chi connectivity index (χ0) is 23.1. The highest BCUT2D eigenvalue weighted by atomic mass is 16.2. The van der Waals surface area contributed by atoms with Crippen molar-refractivity contribution in [3.8, 4) is 0 Å². The third kappa shape index (κ3) is 3.61. The predicted octanol–water partition coefficient (Wildman–Crippen LogP) is 3.49. The monoisotopic (exact) mass is 439 g/mol. The number of benzene rings is 3. The van der Waals surface area contributed by atoms with Crippen molar-refractivity contribution in [2.75, 3.05) is 14.1 Å². The smallest absolute Gasteiger partial charge is 0.329 e. The number of para-hydroxylation sites is 4. The molecule has 0 atom stereocenters. The van der Waals surface area contributed by atoms with E-state index < -0.39 is 0 Å². The Kier molecular flexibility index (Phi) is 5.09. The van der Waals surface area contributed by atoms with Gasteiger partial charge in [0, 0.05) is 26.7 Å². The van der Waals surface area contributed by atoms with E-state index in [0.29, 0.717) is 18.7 Å². The fourth-order valence-electron chi connectivity index (χ4n) is 4.25. The van der Waals surface area contributed by atoms with Gasteiger partial charge in [0.2, 0.25) is 0 Å². The first-order chi connectivity index (χ1) is 15.9. The summed E-state index contributed by atoms with van der Waals surface area (Å²) in [5.41, 5.74) is 5.19. The summed E-state index contributed by atoms with van der Waals surface area (Å²) in [6.07, 6.45) is 0. The van der Waals surface area contributed by atoms with Gasteiger partial charge in [-0.3, -0.25) is 13.9 Å². The zero-order valence-corrected chi connectivity index (χ0v) is 18.9. The summed E-state index contributed by atoms with van der Waals surface area (Å²) in [6.45, 7) is 0.805. The van der Waals surface area contributed by atoms with Crippen molar-refractivity contribution >= 4 is 28.0 Å². The lowest BCUT2D eigenvalue weighted by Crippen LogP contribution is -2.26. The molecule has 5 rings (SSSR count). The minimum Gasteiger partial charge on any atom is -0.345 e. The van der Waals surface area contributed by atoms with Gasteiger partial charge in [-0.05, 0) is 42.0 Å². The minimum absolute atomic E-state index is 0.0437. The van der Waals surface area contributed by atoms with Crippen LogP contribution in [0.25, 0.3) is 22.1 Å². The molecule has 0 unspecified atom stereocenters. The fraction of sp³-hybridized carbons (Fsp3) is 0.192. The first kappa shape index (κ1) is 20.8. The molecule has 0 bridgehead atoms. The summed E-state index contributed by atoms with van der Waals surface area (Å²) >= 11 is 0. The van der Waals surface area contributed by atoms with Crippen molar-refractivity contribution < 1.29 is 4.79 Å². The number of amides is 1. The van der Waals surface area contributed by atoms with Gasteiger partial charge in [-0.2, -0.15) is 0 Å². The zero-order valence-electron chi connectivity index (χ0n) is 18.9. The second kappa shape index (κ2) is 8.09. The number of hydrogen-bond acceptors (Lipinski definition) is 3. The maximum atomic E-state index is 13.5. The van der Waals surface area contributed by atoms with Crippen LogP contribution in [0, 0.1) is 0 Å². The minimum atomic E-state index is -0.0864.